The fourth-order valence-electron chi connectivity index (χ4n) is 2.55. The number of nitrogen functional groups attached to an aromatic ring is 1. The van der Waals surface area contributed by atoms with Gasteiger partial charge in [-0.2, -0.15) is 0 Å². The quantitative estimate of drug-likeness (QED) is 0.884. The number of anilines is 1. The van der Waals surface area contributed by atoms with Gasteiger partial charge in [-0.1, -0.05) is 41.7 Å². The first kappa shape index (κ1) is 14.3. The summed E-state index contributed by atoms with van der Waals surface area (Å²) in [5, 5.41) is 0. The van der Waals surface area contributed by atoms with Crippen LogP contribution in [-0.2, 0) is 6.54 Å². The van der Waals surface area contributed by atoms with Crippen molar-refractivity contribution in [2.45, 2.75) is 19.4 Å². The van der Waals surface area contributed by atoms with Gasteiger partial charge in [0.25, 0.3) is 5.91 Å². The van der Waals surface area contributed by atoms with Crippen LogP contribution in [0.1, 0.15) is 28.1 Å². The first-order chi connectivity index (χ1) is 10.2. The van der Waals surface area contributed by atoms with Crippen LogP contribution < -0.4 is 5.73 Å². The van der Waals surface area contributed by atoms with Gasteiger partial charge in [0.15, 0.2) is 3.95 Å². The van der Waals surface area contributed by atoms with Crippen LogP contribution in [0, 0.1) is 3.95 Å². The van der Waals surface area contributed by atoms with Gasteiger partial charge in [-0.25, -0.2) is 0 Å². The van der Waals surface area contributed by atoms with E-state index in [1.807, 2.05) is 39.8 Å². The third-order valence-corrected chi connectivity index (χ3v) is 5.16. The summed E-state index contributed by atoms with van der Waals surface area (Å²) in [4.78, 5) is 14.9. The van der Waals surface area contributed by atoms with Gasteiger partial charge in [0.1, 0.15) is 10.7 Å². The van der Waals surface area contributed by atoms with Crippen LogP contribution in [-0.4, -0.2) is 28.5 Å². The van der Waals surface area contributed by atoms with Gasteiger partial charge < -0.3 is 15.2 Å². The number of benzene rings is 1. The topological polar surface area (TPSA) is 51.3 Å². The molecule has 0 radical (unpaired) electrons. The number of carbonyl (C=O) groups excluding carboxylic acids is 1. The molecule has 1 aromatic carbocycles. The first-order valence-corrected chi connectivity index (χ1v) is 8.21. The summed E-state index contributed by atoms with van der Waals surface area (Å²) in [7, 11) is 0. The minimum Gasteiger partial charge on any atom is -0.384 e. The number of nitrogens with two attached hydrogens (primary N) is 1. The Morgan fingerprint density at radius 1 is 1.24 bits per heavy atom. The minimum atomic E-state index is 0.0212. The van der Waals surface area contributed by atoms with E-state index in [0.29, 0.717) is 21.2 Å². The lowest BCUT2D eigenvalue weighted by Crippen LogP contribution is -2.27. The molecule has 0 saturated carbocycles. The average molecular weight is 319 g/mol. The number of thiazole rings is 1. The zero-order valence-corrected chi connectivity index (χ0v) is 13.3. The maximum Gasteiger partial charge on any atom is 0.267 e. The molecule has 1 fully saturated rings. The van der Waals surface area contributed by atoms with Crippen LogP contribution in [0.3, 0.4) is 0 Å². The number of amides is 1. The van der Waals surface area contributed by atoms with E-state index in [9.17, 15) is 4.79 Å². The van der Waals surface area contributed by atoms with E-state index in [4.69, 9.17) is 18.0 Å². The molecule has 21 heavy (non-hydrogen) atoms. The largest absolute Gasteiger partial charge is 0.384 e. The first-order valence-electron chi connectivity index (χ1n) is 6.99. The van der Waals surface area contributed by atoms with Crippen LogP contribution in [0.4, 0.5) is 5.82 Å². The van der Waals surface area contributed by atoms with Crippen LogP contribution in [0.15, 0.2) is 30.3 Å². The summed E-state index contributed by atoms with van der Waals surface area (Å²) < 4.78 is 2.50. The van der Waals surface area contributed by atoms with Crippen molar-refractivity contribution in [1.82, 2.24) is 9.47 Å². The fraction of sp³-hybridized carbons (Fsp3) is 0.333. The Bertz CT molecular complexity index is 699. The molecule has 2 aromatic rings. The third kappa shape index (κ3) is 2.87. The molecule has 1 aliphatic heterocycles. The van der Waals surface area contributed by atoms with E-state index in [-0.39, 0.29) is 5.91 Å². The third-order valence-electron chi connectivity index (χ3n) is 3.70. The van der Waals surface area contributed by atoms with Crippen molar-refractivity contribution in [2.24, 2.45) is 0 Å². The van der Waals surface area contributed by atoms with Gasteiger partial charge in [0, 0.05) is 13.1 Å². The highest BCUT2D eigenvalue weighted by Crippen LogP contribution is 2.26. The van der Waals surface area contributed by atoms with E-state index < -0.39 is 0 Å². The standard InChI is InChI=1S/C15H17N3OS2/c16-13-12(14(19)17-8-4-5-9-17)21-15(20)18(13)10-11-6-2-1-3-7-11/h1-3,6-7H,4-5,8-10,16H2. The maximum atomic E-state index is 12.5. The number of aromatic nitrogens is 1. The lowest BCUT2D eigenvalue weighted by atomic mass is 10.2. The van der Waals surface area contributed by atoms with Gasteiger partial charge in [-0.05, 0) is 30.6 Å². The number of rotatable bonds is 3. The summed E-state index contributed by atoms with van der Waals surface area (Å²) >= 11 is 6.70. The predicted octanol–water partition coefficient (Wildman–Crippen LogP) is 3.15. The zero-order valence-electron chi connectivity index (χ0n) is 11.6. The van der Waals surface area contributed by atoms with Gasteiger partial charge in [0.2, 0.25) is 0 Å². The second kappa shape index (κ2) is 5.99. The zero-order chi connectivity index (χ0) is 14.8. The minimum absolute atomic E-state index is 0.0212. The Balaban J connectivity index is 1.89. The van der Waals surface area contributed by atoms with Crippen LogP contribution >= 0.6 is 23.6 Å². The predicted molar refractivity (Wildman–Crippen MR) is 88.2 cm³/mol. The second-order valence-corrected chi connectivity index (χ2v) is 6.80. The number of nitrogens with zero attached hydrogens (tertiary/aromatic N) is 2. The van der Waals surface area contributed by atoms with Crippen LogP contribution in [0.2, 0.25) is 0 Å². The van der Waals surface area contributed by atoms with E-state index in [1.54, 1.807) is 0 Å². The summed E-state index contributed by atoms with van der Waals surface area (Å²) in [5.41, 5.74) is 7.30. The molecule has 0 aliphatic carbocycles. The lowest BCUT2D eigenvalue weighted by molar-refractivity contribution is 0.0798. The SMILES string of the molecule is Nc1c(C(=O)N2CCCC2)sc(=S)n1Cc1ccccc1. The van der Waals surface area contributed by atoms with Crippen molar-refractivity contribution in [1.29, 1.82) is 0 Å². The van der Waals surface area contributed by atoms with Gasteiger partial charge in [-0.15, -0.1) is 0 Å². The molecule has 1 aliphatic rings. The number of likely N-dealkylation sites (tertiary alicyclic amines) is 1. The molecule has 2 heterocycles. The molecule has 0 unspecified atom stereocenters. The molecule has 2 N–H and O–H groups in total. The second-order valence-electron chi connectivity index (χ2n) is 5.15. The highest BCUT2D eigenvalue weighted by Gasteiger charge is 2.24. The molecule has 0 bridgehead atoms. The summed E-state index contributed by atoms with van der Waals surface area (Å²) in [6, 6.07) is 10.00. The molecule has 110 valence electrons. The molecule has 3 rings (SSSR count). The van der Waals surface area contributed by atoms with Crippen molar-refractivity contribution < 1.29 is 4.79 Å². The van der Waals surface area contributed by atoms with E-state index in [1.165, 1.54) is 11.3 Å². The maximum absolute atomic E-state index is 12.5. The molecule has 6 heteroatoms. The van der Waals surface area contributed by atoms with Gasteiger partial charge in [-0.3, -0.25) is 4.79 Å². The van der Waals surface area contributed by atoms with Crippen LogP contribution in [0.5, 0.6) is 0 Å². The number of hydrogen-bond donors (Lipinski definition) is 1. The Labute approximate surface area is 132 Å². The Hall–Kier alpha value is -1.66. The van der Waals surface area contributed by atoms with Crippen molar-refractivity contribution in [3.05, 3.63) is 44.7 Å². The lowest BCUT2D eigenvalue weighted by Gasteiger charge is -2.14. The molecule has 4 nitrogen and oxygen atoms in total. The molecule has 0 spiro atoms. The number of carbonyl (C=O) groups is 1. The molecule has 0 atom stereocenters. The summed E-state index contributed by atoms with van der Waals surface area (Å²) in [6.45, 7) is 2.25. The molecule has 1 aromatic heterocycles. The fourth-order valence-corrected chi connectivity index (χ4v) is 3.84. The molecular weight excluding hydrogens is 302 g/mol. The van der Waals surface area contributed by atoms with E-state index in [2.05, 4.69) is 0 Å². The van der Waals surface area contributed by atoms with Gasteiger partial charge >= 0.3 is 0 Å². The Morgan fingerprint density at radius 3 is 2.57 bits per heavy atom. The molecule has 1 amide bonds. The highest BCUT2D eigenvalue weighted by atomic mass is 32.1. The van der Waals surface area contributed by atoms with Crippen LogP contribution in [0.25, 0.3) is 0 Å². The van der Waals surface area contributed by atoms with E-state index in [0.717, 1.165) is 31.5 Å². The summed E-state index contributed by atoms with van der Waals surface area (Å²) in [5.74, 6) is 0.513. The molecule has 1 saturated heterocycles. The summed E-state index contributed by atoms with van der Waals surface area (Å²) in [6.07, 6.45) is 2.14. The average Bonchev–Trinajstić information content (AvgIpc) is 3.12. The smallest absolute Gasteiger partial charge is 0.267 e. The van der Waals surface area contributed by atoms with Crippen molar-refractivity contribution >= 4 is 35.3 Å². The van der Waals surface area contributed by atoms with Gasteiger partial charge in [0.05, 0.1) is 6.54 Å². The highest BCUT2D eigenvalue weighted by molar-refractivity contribution is 7.73. The van der Waals surface area contributed by atoms with Crippen molar-refractivity contribution in [3.63, 3.8) is 0 Å². The monoisotopic (exact) mass is 319 g/mol. The normalized spacial score (nSPS) is 14.6. The molecular formula is C15H17N3OS2. The number of hydrogen-bond acceptors (Lipinski definition) is 4. The van der Waals surface area contributed by atoms with Crippen molar-refractivity contribution in [3.8, 4) is 0 Å². The van der Waals surface area contributed by atoms with E-state index >= 15 is 0 Å². The van der Waals surface area contributed by atoms with Crippen molar-refractivity contribution in [2.75, 3.05) is 18.8 Å². The Morgan fingerprint density at radius 2 is 1.90 bits per heavy atom. The Kier molecular flexibility index (Phi) is 4.07.